The molecule has 1 N–H and O–H groups in total. The molecule has 0 saturated carbocycles. The first-order valence-electron chi connectivity index (χ1n) is 6.83. The van der Waals surface area contributed by atoms with Crippen molar-refractivity contribution in [1.29, 1.82) is 0 Å². The average Bonchev–Trinajstić information content (AvgIpc) is 2.76. The summed E-state index contributed by atoms with van der Waals surface area (Å²) in [5.41, 5.74) is 2.39. The molecule has 1 atom stereocenters. The van der Waals surface area contributed by atoms with Gasteiger partial charge >= 0.3 is 0 Å². The standard InChI is InChI=1S/C14H19NO3S/c16-19(17)8-6-11(10-19)9-18-14-5-1-4-13-12(14)3-2-7-15-13/h1,4-5,11,15H,2-3,6-10H2. The quantitative estimate of drug-likeness (QED) is 0.919. The number of sulfone groups is 1. The lowest BCUT2D eigenvalue weighted by Crippen LogP contribution is -2.16. The Morgan fingerprint density at radius 3 is 3.05 bits per heavy atom. The Hall–Kier alpha value is -1.23. The van der Waals surface area contributed by atoms with E-state index in [2.05, 4.69) is 11.4 Å². The fraction of sp³-hybridized carbons (Fsp3) is 0.571. The summed E-state index contributed by atoms with van der Waals surface area (Å²) in [4.78, 5) is 0. The number of benzene rings is 1. The van der Waals surface area contributed by atoms with Gasteiger partial charge in [0.2, 0.25) is 0 Å². The van der Waals surface area contributed by atoms with Gasteiger partial charge in [-0.3, -0.25) is 0 Å². The third kappa shape index (κ3) is 2.86. The smallest absolute Gasteiger partial charge is 0.150 e. The van der Waals surface area contributed by atoms with Crippen LogP contribution in [0.1, 0.15) is 18.4 Å². The van der Waals surface area contributed by atoms with Crippen molar-refractivity contribution in [3.63, 3.8) is 0 Å². The van der Waals surface area contributed by atoms with Crippen LogP contribution in [0.15, 0.2) is 18.2 Å². The Morgan fingerprint density at radius 1 is 1.37 bits per heavy atom. The predicted octanol–water partition coefficient (Wildman–Crippen LogP) is 1.86. The van der Waals surface area contributed by atoms with E-state index in [1.807, 2.05) is 12.1 Å². The van der Waals surface area contributed by atoms with Gasteiger partial charge in [-0.1, -0.05) is 6.07 Å². The van der Waals surface area contributed by atoms with Gasteiger partial charge in [-0.15, -0.1) is 0 Å². The van der Waals surface area contributed by atoms with Crippen LogP contribution in [-0.2, 0) is 16.3 Å². The lowest BCUT2D eigenvalue weighted by atomic mass is 10.0. The Labute approximate surface area is 114 Å². The first-order valence-corrected chi connectivity index (χ1v) is 8.65. The zero-order chi connectivity index (χ0) is 13.3. The molecular formula is C14H19NO3S. The van der Waals surface area contributed by atoms with Gasteiger partial charge in [0.15, 0.2) is 9.84 Å². The van der Waals surface area contributed by atoms with Crippen molar-refractivity contribution >= 4 is 15.5 Å². The van der Waals surface area contributed by atoms with Gasteiger partial charge in [-0.05, 0) is 31.4 Å². The molecule has 2 aliphatic heterocycles. The molecule has 1 fully saturated rings. The van der Waals surface area contributed by atoms with E-state index in [-0.39, 0.29) is 11.7 Å². The van der Waals surface area contributed by atoms with Crippen LogP contribution in [0.2, 0.25) is 0 Å². The van der Waals surface area contributed by atoms with Crippen molar-refractivity contribution in [2.45, 2.75) is 19.3 Å². The second-order valence-corrected chi connectivity index (χ2v) is 7.62. The number of rotatable bonds is 3. The van der Waals surface area contributed by atoms with Gasteiger partial charge in [0.05, 0.1) is 18.1 Å². The second-order valence-electron chi connectivity index (χ2n) is 5.39. The van der Waals surface area contributed by atoms with E-state index in [1.54, 1.807) is 0 Å². The van der Waals surface area contributed by atoms with Gasteiger partial charge in [0.25, 0.3) is 0 Å². The summed E-state index contributed by atoms with van der Waals surface area (Å²) in [5, 5.41) is 3.37. The van der Waals surface area contributed by atoms with Crippen molar-refractivity contribution < 1.29 is 13.2 Å². The molecule has 0 aromatic heterocycles. The van der Waals surface area contributed by atoms with Gasteiger partial charge in [-0.2, -0.15) is 0 Å². The van der Waals surface area contributed by atoms with Gasteiger partial charge < -0.3 is 10.1 Å². The number of anilines is 1. The third-order valence-corrected chi connectivity index (χ3v) is 5.69. The average molecular weight is 281 g/mol. The van der Waals surface area contributed by atoms with Crippen LogP contribution in [0, 0.1) is 5.92 Å². The summed E-state index contributed by atoms with van der Waals surface area (Å²) < 4.78 is 28.7. The molecule has 5 heteroatoms. The predicted molar refractivity (Wildman–Crippen MR) is 75.5 cm³/mol. The highest BCUT2D eigenvalue weighted by molar-refractivity contribution is 7.91. The zero-order valence-corrected chi connectivity index (χ0v) is 11.7. The molecule has 3 rings (SSSR count). The first-order chi connectivity index (χ1) is 9.14. The fourth-order valence-corrected chi connectivity index (χ4v) is 4.66. The molecule has 1 aromatic rings. The number of hydrogen-bond donors (Lipinski definition) is 1. The van der Waals surface area contributed by atoms with E-state index in [0.717, 1.165) is 37.2 Å². The van der Waals surface area contributed by atoms with Crippen molar-refractivity contribution in [1.82, 2.24) is 0 Å². The van der Waals surface area contributed by atoms with Crippen LogP contribution in [0.3, 0.4) is 0 Å². The maximum atomic E-state index is 11.4. The summed E-state index contributed by atoms with van der Waals surface area (Å²) in [6.45, 7) is 1.52. The summed E-state index contributed by atoms with van der Waals surface area (Å²) in [6.07, 6.45) is 2.88. The largest absolute Gasteiger partial charge is 0.493 e. The van der Waals surface area contributed by atoms with Crippen molar-refractivity contribution in [2.24, 2.45) is 5.92 Å². The summed E-state index contributed by atoms with van der Waals surface area (Å²) >= 11 is 0. The zero-order valence-electron chi connectivity index (χ0n) is 10.9. The van der Waals surface area contributed by atoms with Crippen LogP contribution in [-0.4, -0.2) is 33.1 Å². The second kappa shape index (κ2) is 5.04. The van der Waals surface area contributed by atoms with E-state index in [9.17, 15) is 8.42 Å². The lowest BCUT2D eigenvalue weighted by molar-refractivity contribution is 0.261. The Kier molecular flexibility index (Phi) is 3.39. The fourth-order valence-electron chi connectivity index (χ4n) is 2.82. The van der Waals surface area contributed by atoms with E-state index >= 15 is 0 Å². The molecule has 0 spiro atoms. The summed E-state index contributed by atoms with van der Waals surface area (Å²) in [6, 6.07) is 6.04. The first kappa shape index (κ1) is 12.8. The third-order valence-electron chi connectivity index (χ3n) is 3.85. The molecule has 2 aliphatic rings. The molecule has 0 bridgehead atoms. The number of nitrogens with one attached hydrogen (secondary N) is 1. The number of fused-ring (bicyclic) bond motifs is 1. The van der Waals surface area contributed by atoms with Crippen molar-refractivity contribution in [3.05, 3.63) is 23.8 Å². The Balaban J connectivity index is 1.67. The maximum Gasteiger partial charge on any atom is 0.150 e. The van der Waals surface area contributed by atoms with E-state index in [4.69, 9.17) is 4.74 Å². The summed E-state index contributed by atoms with van der Waals surface area (Å²) in [7, 11) is -2.81. The SMILES string of the molecule is O=S1(=O)CCC(COc2cccc3c2CCCN3)C1. The number of ether oxygens (including phenoxy) is 1. The van der Waals surface area contributed by atoms with Gasteiger partial charge in [-0.25, -0.2) is 8.42 Å². The molecule has 4 nitrogen and oxygen atoms in total. The molecule has 1 unspecified atom stereocenters. The van der Waals surface area contributed by atoms with Crippen LogP contribution in [0.4, 0.5) is 5.69 Å². The topological polar surface area (TPSA) is 55.4 Å². The Morgan fingerprint density at radius 2 is 2.26 bits per heavy atom. The van der Waals surface area contributed by atoms with Crippen molar-refractivity contribution in [3.8, 4) is 5.75 Å². The lowest BCUT2D eigenvalue weighted by Gasteiger charge is -2.21. The number of hydrogen-bond acceptors (Lipinski definition) is 4. The van der Waals surface area contributed by atoms with Crippen LogP contribution in [0.5, 0.6) is 5.75 Å². The van der Waals surface area contributed by atoms with Gasteiger partial charge in [0, 0.05) is 23.7 Å². The minimum Gasteiger partial charge on any atom is -0.493 e. The molecule has 104 valence electrons. The summed E-state index contributed by atoms with van der Waals surface area (Å²) in [5.74, 6) is 1.65. The van der Waals surface area contributed by atoms with Crippen LogP contribution in [0.25, 0.3) is 0 Å². The molecule has 2 heterocycles. The molecule has 0 radical (unpaired) electrons. The Bertz CT molecular complexity index is 568. The molecular weight excluding hydrogens is 262 g/mol. The van der Waals surface area contributed by atoms with E-state index < -0.39 is 9.84 Å². The molecule has 0 amide bonds. The molecule has 1 aromatic carbocycles. The maximum absolute atomic E-state index is 11.4. The highest BCUT2D eigenvalue weighted by atomic mass is 32.2. The minimum atomic E-state index is -2.81. The van der Waals surface area contributed by atoms with Gasteiger partial charge in [0.1, 0.15) is 5.75 Å². The molecule has 0 aliphatic carbocycles. The van der Waals surface area contributed by atoms with Crippen LogP contribution >= 0.6 is 0 Å². The van der Waals surface area contributed by atoms with E-state index in [0.29, 0.717) is 12.4 Å². The normalized spacial score (nSPS) is 24.5. The van der Waals surface area contributed by atoms with Crippen molar-refractivity contribution in [2.75, 3.05) is 30.0 Å². The highest BCUT2D eigenvalue weighted by Gasteiger charge is 2.28. The monoisotopic (exact) mass is 281 g/mol. The molecule has 19 heavy (non-hydrogen) atoms. The minimum absolute atomic E-state index is 0.150. The highest BCUT2D eigenvalue weighted by Crippen LogP contribution is 2.31. The van der Waals surface area contributed by atoms with E-state index in [1.165, 1.54) is 5.56 Å². The van der Waals surface area contributed by atoms with Crippen LogP contribution < -0.4 is 10.1 Å². The molecule has 1 saturated heterocycles.